The fourth-order valence-corrected chi connectivity index (χ4v) is 3.14. The van der Waals surface area contributed by atoms with Gasteiger partial charge >= 0.3 is 0 Å². The Morgan fingerprint density at radius 1 is 1.19 bits per heavy atom. The Morgan fingerprint density at radius 2 is 2.00 bits per heavy atom. The van der Waals surface area contributed by atoms with E-state index in [1.54, 1.807) is 18.5 Å². The van der Waals surface area contributed by atoms with Gasteiger partial charge in [0.15, 0.2) is 0 Å². The highest BCUT2D eigenvalue weighted by molar-refractivity contribution is 6.02. The van der Waals surface area contributed by atoms with E-state index in [9.17, 15) is 9.59 Å². The Kier molecular flexibility index (Phi) is 7.91. The fourth-order valence-electron chi connectivity index (χ4n) is 3.14. The molecule has 2 aromatic rings. The number of nitrogens with zero attached hydrogens (tertiary/aromatic N) is 2. The summed E-state index contributed by atoms with van der Waals surface area (Å²) < 4.78 is 0. The maximum absolute atomic E-state index is 12.4. The van der Waals surface area contributed by atoms with Crippen LogP contribution in [0.5, 0.6) is 0 Å². The van der Waals surface area contributed by atoms with E-state index in [1.807, 2.05) is 48.6 Å². The molecule has 8 nitrogen and oxygen atoms in total. The number of amides is 2. The van der Waals surface area contributed by atoms with Crippen molar-refractivity contribution >= 4 is 29.2 Å². The topological polar surface area (TPSA) is 98.4 Å². The van der Waals surface area contributed by atoms with E-state index in [0.717, 1.165) is 34.5 Å². The predicted octanol–water partition coefficient (Wildman–Crippen LogP) is 1.75. The van der Waals surface area contributed by atoms with Crippen molar-refractivity contribution in [2.24, 2.45) is 0 Å². The highest BCUT2D eigenvalue weighted by Crippen LogP contribution is 2.22. The van der Waals surface area contributed by atoms with Crippen LogP contribution in [0.3, 0.4) is 0 Å². The molecule has 2 heterocycles. The minimum Gasteiger partial charge on any atom is -0.355 e. The lowest BCUT2D eigenvalue weighted by molar-refractivity contribution is -0.119. The van der Waals surface area contributed by atoms with Crippen molar-refractivity contribution < 1.29 is 9.59 Å². The number of aromatic nitrogens is 1. The van der Waals surface area contributed by atoms with Gasteiger partial charge in [-0.15, -0.1) is 0 Å². The normalized spacial score (nSPS) is 13.7. The molecule has 0 bridgehead atoms. The first-order valence-electron chi connectivity index (χ1n) is 10.1. The molecule has 0 aliphatic carbocycles. The molecule has 1 aliphatic rings. The van der Waals surface area contributed by atoms with Gasteiger partial charge in [-0.25, -0.2) is 5.01 Å². The maximum atomic E-state index is 12.4. The molecule has 1 aliphatic heterocycles. The van der Waals surface area contributed by atoms with Crippen LogP contribution in [0.2, 0.25) is 0 Å². The van der Waals surface area contributed by atoms with E-state index in [1.165, 1.54) is 13.0 Å². The van der Waals surface area contributed by atoms with Crippen LogP contribution in [0.15, 0.2) is 55.0 Å². The molecule has 0 atom stereocenters. The van der Waals surface area contributed by atoms with Gasteiger partial charge in [0.2, 0.25) is 11.8 Å². The van der Waals surface area contributed by atoms with Gasteiger partial charge < -0.3 is 21.4 Å². The summed E-state index contributed by atoms with van der Waals surface area (Å²) in [6.07, 6.45) is 8.77. The predicted molar refractivity (Wildman–Crippen MR) is 122 cm³/mol. The molecule has 162 valence electrons. The molecule has 0 fully saturated rings. The Morgan fingerprint density at radius 3 is 2.71 bits per heavy atom. The zero-order chi connectivity index (χ0) is 22.1. The summed E-state index contributed by atoms with van der Waals surface area (Å²) in [5.41, 5.74) is 8.06. The summed E-state index contributed by atoms with van der Waals surface area (Å²) in [6, 6.07) is 9.61. The third-order valence-corrected chi connectivity index (χ3v) is 4.71. The van der Waals surface area contributed by atoms with Gasteiger partial charge in [-0.3, -0.25) is 14.6 Å². The van der Waals surface area contributed by atoms with E-state index >= 15 is 0 Å². The maximum Gasteiger partial charge on any atom is 0.248 e. The van der Waals surface area contributed by atoms with E-state index in [2.05, 4.69) is 26.4 Å². The fraction of sp³-hybridized carbons (Fsp3) is 0.261. The summed E-state index contributed by atoms with van der Waals surface area (Å²) in [7, 11) is 1.97. The lowest BCUT2D eigenvalue weighted by Crippen LogP contribution is -2.29. The van der Waals surface area contributed by atoms with Gasteiger partial charge in [0.1, 0.15) is 0 Å². The summed E-state index contributed by atoms with van der Waals surface area (Å²) in [6.45, 7) is 4.27. The lowest BCUT2D eigenvalue weighted by Gasteiger charge is -2.09. The van der Waals surface area contributed by atoms with Crippen LogP contribution in [0.4, 0.5) is 5.69 Å². The number of hydrogen-bond donors (Lipinski definition) is 4. The Balaban J connectivity index is 1.51. The van der Waals surface area contributed by atoms with E-state index in [4.69, 9.17) is 0 Å². The van der Waals surface area contributed by atoms with Crippen molar-refractivity contribution in [1.82, 2.24) is 26.1 Å². The zero-order valence-electron chi connectivity index (χ0n) is 17.8. The first-order valence-corrected chi connectivity index (χ1v) is 10.1. The van der Waals surface area contributed by atoms with Gasteiger partial charge in [0.05, 0.1) is 0 Å². The summed E-state index contributed by atoms with van der Waals surface area (Å²) in [5, 5.41) is 10.9. The molecule has 8 heteroatoms. The second-order valence-electron chi connectivity index (χ2n) is 7.30. The number of benzene rings is 1. The van der Waals surface area contributed by atoms with Crippen LogP contribution >= 0.6 is 0 Å². The number of pyridine rings is 1. The smallest absolute Gasteiger partial charge is 0.248 e. The monoisotopic (exact) mass is 420 g/mol. The van der Waals surface area contributed by atoms with Crippen LogP contribution in [0.1, 0.15) is 23.6 Å². The summed E-state index contributed by atoms with van der Waals surface area (Å²) in [4.78, 5) is 27.4. The first-order chi connectivity index (χ1) is 15.0. The van der Waals surface area contributed by atoms with E-state index in [-0.39, 0.29) is 11.8 Å². The van der Waals surface area contributed by atoms with Crippen LogP contribution in [0, 0.1) is 0 Å². The van der Waals surface area contributed by atoms with Crippen LogP contribution < -0.4 is 21.4 Å². The average molecular weight is 421 g/mol. The molecule has 1 aromatic carbocycles. The number of nitrogens with one attached hydrogen (secondary N) is 4. The quantitative estimate of drug-likeness (QED) is 0.365. The molecule has 0 saturated heterocycles. The second kappa shape index (κ2) is 11.1. The molecule has 4 N–H and O–H groups in total. The number of carbonyl (C=O) groups excluding carboxylic acids is 2. The van der Waals surface area contributed by atoms with Crippen LogP contribution in [-0.4, -0.2) is 48.5 Å². The largest absolute Gasteiger partial charge is 0.355 e. The SMILES string of the molecule is CC(=O)NCCNCc1ccc(NC(=O)/C=C/c2cnccc2C2=CNN(C)C2)cc1. The molecular formula is C23H28N6O2. The average Bonchev–Trinajstić information content (AvgIpc) is 3.19. The number of hydrazine groups is 1. The molecule has 31 heavy (non-hydrogen) atoms. The van der Waals surface area contributed by atoms with Crippen molar-refractivity contribution in [1.29, 1.82) is 0 Å². The van der Waals surface area contributed by atoms with Crippen molar-refractivity contribution in [2.75, 3.05) is 32.0 Å². The Hall–Kier alpha value is -3.49. The van der Waals surface area contributed by atoms with Gasteiger partial charge in [-0.1, -0.05) is 12.1 Å². The molecule has 2 amide bonds. The minimum atomic E-state index is -0.202. The molecule has 0 spiro atoms. The summed E-state index contributed by atoms with van der Waals surface area (Å²) >= 11 is 0. The van der Waals surface area contributed by atoms with Crippen molar-refractivity contribution in [3.05, 3.63) is 71.7 Å². The zero-order valence-corrected chi connectivity index (χ0v) is 17.8. The van der Waals surface area contributed by atoms with Gasteiger partial charge in [-0.05, 0) is 41.0 Å². The van der Waals surface area contributed by atoms with Gasteiger partial charge in [-0.2, -0.15) is 0 Å². The van der Waals surface area contributed by atoms with Crippen LogP contribution in [0.25, 0.3) is 11.6 Å². The number of carbonyl (C=O) groups is 2. The summed E-state index contributed by atoms with van der Waals surface area (Å²) in [5.74, 6) is -0.234. The standard InChI is InChI=1S/C23H28N6O2/c1-17(30)26-12-11-25-13-18-3-6-21(7-4-18)28-23(31)8-5-19-14-24-10-9-22(19)20-15-27-29(2)16-20/h3-10,14-15,25,27H,11-13,16H2,1-2H3,(H,26,30)(H,28,31)/b8-5+. The number of likely N-dealkylation sites (N-methyl/N-ethyl adjacent to an activating group) is 1. The highest BCUT2D eigenvalue weighted by atomic mass is 16.2. The Bertz CT molecular complexity index is 968. The number of anilines is 1. The molecular weight excluding hydrogens is 392 g/mol. The number of rotatable bonds is 9. The first kappa shape index (κ1) is 22.2. The van der Waals surface area contributed by atoms with E-state index < -0.39 is 0 Å². The third kappa shape index (κ3) is 7.06. The number of hydrogen-bond acceptors (Lipinski definition) is 6. The third-order valence-electron chi connectivity index (χ3n) is 4.71. The molecule has 1 aromatic heterocycles. The van der Waals surface area contributed by atoms with Crippen molar-refractivity contribution in [2.45, 2.75) is 13.5 Å². The molecule has 3 rings (SSSR count). The van der Waals surface area contributed by atoms with Crippen molar-refractivity contribution in [3.63, 3.8) is 0 Å². The lowest BCUT2D eigenvalue weighted by atomic mass is 10.0. The highest BCUT2D eigenvalue weighted by Gasteiger charge is 2.13. The molecule has 0 saturated carbocycles. The Labute approximate surface area is 182 Å². The van der Waals surface area contributed by atoms with E-state index in [0.29, 0.717) is 19.6 Å². The van der Waals surface area contributed by atoms with Gasteiger partial charge in [0.25, 0.3) is 0 Å². The van der Waals surface area contributed by atoms with Crippen LogP contribution in [-0.2, 0) is 16.1 Å². The molecule has 0 radical (unpaired) electrons. The van der Waals surface area contributed by atoms with Gasteiger partial charge in [0, 0.05) is 76.1 Å². The molecule has 0 unspecified atom stereocenters. The second-order valence-corrected chi connectivity index (χ2v) is 7.30. The van der Waals surface area contributed by atoms with Crippen molar-refractivity contribution in [3.8, 4) is 0 Å². The minimum absolute atomic E-state index is 0.0315.